The first-order chi connectivity index (χ1) is 6.16. The van der Waals surface area contributed by atoms with E-state index in [0.29, 0.717) is 11.1 Å². The molecule has 0 amide bonds. The summed E-state index contributed by atoms with van der Waals surface area (Å²) in [5, 5.41) is 9.05. The molecule has 1 nitrogen and oxygen atoms in total. The van der Waals surface area contributed by atoms with Gasteiger partial charge in [-0.25, -0.2) is 4.39 Å². The van der Waals surface area contributed by atoms with Gasteiger partial charge in [-0.3, -0.25) is 0 Å². The molecule has 0 radical (unpaired) electrons. The van der Waals surface area contributed by atoms with Crippen molar-refractivity contribution in [2.24, 2.45) is 0 Å². The third-order valence-corrected chi connectivity index (χ3v) is 1.96. The number of halogens is 1. The molecule has 0 unspecified atom stereocenters. The molecule has 1 rings (SSSR count). The second-order valence-electron chi connectivity index (χ2n) is 3.12. The standard InChI is InChI=1S/C11H13FO/c1-8(2)10(7-13)9-5-3-4-6-11(9)12/h3-6,13H,7H2,1-2H3. The average Bonchev–Trinajstić information content (AvgIpc) is 2.09. The Labute approximate surface area is 77.5 Å². The Morgan fingerprint density at radius 3 is 2.38 bits per heavy atom. The van der Waals surface area contributed by atoms with E-state index in [0.717, 1.165) is 5.57 Å². The van der Waals surface area contributed by atoms with E-state index >= 15 is 0 Å². The number of rotatable bonds is 2. The summed E-state index contributed by atoms with van der Waals surface area (Å²) in [6.07, 6.45) is 0. The molecular weight excluding hydrogens is 167 g/mol. The van der Waals surface area contributed by atoms with Crippen molar-refractivity contribution in [2.45, 2.75) is 13.8 Å². The lowest BCUT2D eigenvalue weighted by atomic mass is 10.0. The molecule has 0 saturated carbocycles. The van der Waals surface area contributed by atoms with E-state index in [2.05, 4.69) is 0 Å². The van der Waals surface area contributed by atoms with Gasteiger partial charge in [0.2, 0.25) is 0 Å². The minimum atomic E-state index is -0.284. The second-order valence-corrected chi connectivity index (χ2v) is 3.12. The molecule has 1 N–H and O–H groups in total. The van der Waals surface area contributed by atoms with Crippen LogP contribution in [0, 0.1) is 5.82 Å². The first kappa shape index (κ1) is 9.93. The van der Waals surface area contributed by atoms with Crippen LogP contribution < -0.4 is 0 Å². The summed E-state index contributed by atoms with van der Waals surface area (Å²) in [7, 11) is 0. The molecule has 0 saturated heterocycles. The summed E-state index contributed by atoms with van der Waals surface area (Å²) in [6, 6.07) is 6.47. The molecule has 0 bridgehead atoms. The maximum atomic E-state index is 13.2. The zero-order valence-corrected chi connectivity index (χ0v) is 7.84. The number of allylic oxidation sites excluding steroid dienone is 1. The van der Waals surface area contributed by atoms with Crippen molar-refractivity contribution in [1.82, 2.24) is 0 Å². The van der Waals surface area contributed by atoms with Crippen molar-refractivity contribution in [2.75, 3.05) is 6.61 Å². The molecule has 1 aromatic rings. The van der Waals surface area contributed by atoms with Crippen molar-refractivity contribution < 1.29 is 9.50 Å². The van der Waals surface area contributed by atoms with E-state index in [1.165, 1.54) is 6.07 Å². The highest BCUT2D eigenvalue weighted by Gasteiger charge is 2.06. The molecule has 0 aromatic heterocycles. The van der Waals surface area contributed by atoms with Crippen LogP contribution in [0.25, 0.3) is 5.57 Å². The van der Waals surface area contributed by atoms with Gasteiger partial charge < -0.3 is 5.11 Å². The summed E-state index contributed by atoms with van der Waals surface area (Å²) < 4.78 is 13.2. The Kier molecular flexibility index (Phi) is 3.20. The second kappa shape index (κ2) is 4.19. The maximum Gasteiger partial charge on any atom is 0.130 e. The van der Waals surface area contributed by atoms with Crippen molar-refractivity contribution in [3.8, 4) is 0 Å². The van der Waals surface area contributed by atoms with Crippen molar-refractivity contribution >= 4 is 5.57 Å². The molecule has 2 heteroatoms. The first-order valence-electron chi connectivity index (χ1n) is 4.19. The Morgan fingerprint density at radius 2 is 1.92 bits per heavy atom. The number of hydrogen-bond donors (Lipinski definition) is 1. The summed E-state index contributed by atoms with van der Waals surface area (Å²) in [4.78, 5) is 0. The molecule has 1 aromatic carbocycles. The Bertz CT molecular complexity index is 325. The van der Waals surface area contributed by atoms with E-state index < -0.39 is 0 Å². The SMILES string of the molecule is CC(C)=C(CO)c1ccccc1F. The summed E-state index contributed by atoms with van der Waals surface area (Å²) in [5.41, 5.74) is 2.09. The largest absolute Gasteiger partial charge is 0.392 e. The van der Waals surface area contributed by atoms with Gasteiger partial charge >= 0.3 is 0 Å². The highest BCUT2D eigenvalue weighted by atomic mass is 19.1. The lowest BCUT2D eigenvalue weighted by Gasteiger charge is -2.07. The zero-order chi connectivity index (χ0) is 9.84. The van der Waals surface area contributed by atoms with Crippen molar-refractivity contribution in [1.29, 1.82) is 0 Å². The molecule has 0 fully saturated rings. The molecular formula is C11H13FO. The topological polar surface area (TPSA) is 20.2 Å². The fourth-order valence-electron chi connectivity index (χ4n) is 1.22. The van der Waals surface area contributed by atoms with Crippen LogP contribution in [-0.4, -0.2) is 11.7 Å². The Balaban J connectivity index is 3.21. The van der Waals surface area contributed by atoms with Gasteiger partial charge in [-0.15, -0.1) is 0 Å². The third kappa shape index (κ3) is 2.16. The van der Waals surface area contributed by atoms with Gasteiger partial charge in [0.25, 0.3) is 0 Å². The maximum absolute atomic E-state index is 13.2. The Hall–Kier alpha value is -1.15. The zero-order valence-electron chi connectivity index (χ0n) is 7.84. The summed E-state index contributed by atoms with van der Waals surface area (Å²) in [6.45, 7) is 3.60. The monoisotopic (exact) mass is 180 g/mol. The smallest absolute Gasteiger partial charge is 0.130 e. The van der Waals surface area contributed by atoms with Crippen LogP contribution in [0.2, 0.25) is 0 Å². The van der Waals surface area contributed by atoms with Crippen LogP contribution in [0.1, 0.15) is 19.4 Å². The molecule has 0 atom stereocenters. The van der Waals surface area contributed by atoms with Crippen LogP contribution >= 0.6 is 0 Å². The van der Waals surface area contributed by atoms with E-state index in [9.17, 15) is 4.39 Å². The highest BCUT2D eigenvalue weighted by Crippen LogP contribution is 2.20. The van der Waals surface area contributed by atoms with Gasteiger partial charge in [0, 0.05) is 5.56 Å². The Morgan fingerprint density at radius 1 is 1.31 bits per heavy atom. The number of hydrogen-bond acceptors (Lipinski definition) is 1. The summed E-state index contributed by atoms with van der Waals surface area (Å²) in [5.74, 6) is -0.284. The van der Waals surface area contributed by atoms with Gasteiger partial charge in [0.1, 0.15) is 5.82 Å². The third-order valence-electron chi connectivity index (χ3n) is 1.96. The van der Waals surface area contributed by atoms with E-state index in [1.54, 1.807) is 18.2 Å². The van der Waals surface area contributed by atoms with E-state index in [-0.39, 0.29) is 12.4 Å². The first-order valence-corrected chi connectivity index (χ1v) is 4.19. The quantitative estimate of drug-likeness (QED) is 0.741. The predicted molar refractivity (Wildman–Crippen MR) is 51.8 cm³/mol. The van der Waals surface area contributed by atoms with E-state index in [1.807, 2.05) is 13.8 Å². The summed E-state index contributed by atoms with van der Waals surface area (Å²) >= 11 is 0. The lowest BCUT2D eigenvalue weighted by molar-refractivity contribution is 0.349. The lowest BCUT2D eigenvalue weighted by Crippen LogP contribution is -1.96. The number of aliphatic hydroxyl groups excluding tert-OH is 1. The van der Waals surface area contributed by atoms with Gasteiger partial charge in [-0.2, -0.15) is 0 Å². The van der Waals surface area contributed by atoms with Gasteiger partial charge in [-0.05, 0) is 25.5 Å². The van der Waals surface area contributed by atoms with Gasteiger partial charge in [0.05, 0.1) is 6.61 Å². The minimum absolute atomic E-state index is 0.122. The van der Waals surface area contributed by atoms with Crippen LogP contribution in [0.15, 0.2) is 29.8 Å². The number of benzene rings is 1. The van der Waals surface area contributed by atoms with E-state index in [4.69, 9.17) is 5.11 Å². The molecule has 13 heavy (non-hydrogen) atoms. The van der Waals surface area contributed by atoms with Gasteiger partial charge in [0.15, 0.2) is 0 Å². The molecule has 70 valence electrons. The molecule has 0 aliphatic carbocycles. The molecule has 0 aliphatic heterocycles. The minimum Gasteiger partial charge on any atom is -0.392 e. The van der Waals surface area contributed by atoms with Crippen LogP contribution in [0.5, 0.6) is 0 Å². The van der Waals surface area contributed by atoms with Crippen molar-refractivity contribution in [3.05, 3.63) is 41.2 Å². The fraction of sp³-hybridized carbons (Fsp3) is 0.273. The predicted octanol–water partition coefficient (Wildman–Crippen LogP) is 2.61. The molecule has 0 aliphatic rings. The average molecular weight is 180 g/mol. The molecule has 0 spiro atoms. The number of aliphatic hydroxyl groups is 1. The fourth-order valence-corrected chi connectivity index (χ4v) is 1.22. The van der Waals surface area contributed by atoms with Crippen molar-refractivity contribution in [3.63, 3.8) is 0 Å². The van der Waals surface area contributed by atoms with Crippen LogP contribution in [0.3, 0.4) is 0 Å². The highest BCUT2D eigenvalue weighted by molar-refractivity contribution is 5.68. The van der Waals surface area contributed by atoms with Crippen LogP contribution in [0.4, 0.5) is 4.39 Å². The molecule has 0 heterocycles. The normalized spacial score (nSPS) is 9.85. The van der Waals surface area contributed by atoms with Gasteiger partial charge in [-0.1, -0.05) is 23.8 Å². The van der Waals surface area contributed by atoms with Crippen LogP contribution in [-0.2, 0) is 0 Å².